The Balaban J connectivity index is 1.61. The summed E-state index contributed by atoms with van der Waals surface area (Å²) in [7, 11) is 0. The van der Waals surface area contributed by atoms with Crippen molar-refractivity contribution in [3.63, 3.8) is 0 Å². The molecule has 0 aliphatic heterocycles. The number of rotatable bonds is 7. The molecule has 0 aliphatic carbocycles. The molecule has 0 atom stereocenters. The number of hydrogen-bond donors (Lipinski definition) is 2. The zero-order valence-corrected chi connectivity index (χ0v) is 15.9. The molecule has 136 valence electrons. The summed E-state index contributed by atoms with van der Waals surface area (Å²) in [4.78, 5) is 17.5. The minimum absolute atomic E-state index is 0.0501. The van der Waals surface area contributed by atoms with Gasteiger partial charge in [0.2, 0.25) is 11.7 Å². The van der Waals surface area contributed by atoms with Gasteiger partial charge in [0.15, 0.2) is 0 Å². The molecule has 6 nitrogen and oxygen atoms in total. The zero-order chi connectivity index (χ0) is 18.5. The van der Waals surface area contributed by atoms with Crippen LogP contribution in [-0.4, -0.2) is 22.6 Å². The van der Waals surface area contributed by atoms with Crippen LogP contribution in [0.2, 0.25) is 0 Å². The van der Waals surface area contributed by atoms with Crippen LogP contribution in [-0.2, 0) is 6.54 Å². The Morgan fingerprint density at radius 1 is 1.31 bits per heavy atom. The Labute approximate surface area is 156 Å². The van der Waals surface area contributed by atoms with E-state index >= 15 is 0 Å². The number of aromatic nitrogens is 2. The van der Waals surface area contributed by atoms with Crippen LogP contribution in [0.15, 0.2) is 40.2 Å². The van der Waals surface area contributed by atoms with E-state index < -0.39 is 0 Å². The molecule has 26 heavy (non-hydrogen) atoms. The predicted octanol–water partition coefficient (Wildman–Crippen LogP) is 4.10. The number of benzene rings is 1. The molecule has 2 heterocycles. The number of amides is 1. The van der Waals surface area contributed by atoms with Crippen molar-refractivity contribution < 1.29 is 9.32 Å². The molecule has 2 aromatic heterocycles. The van der Waals surface area contributed by atoms with Gasteiger partial charge >= 0.3 is 0 Å². The molecule has 0 fully saturated rings. The Morgan fingerprint density at radius 3 is 2.85 bits per heavy atom. The van der Waals surface area contributed by atoms with Gasteiger partial charge in [-0.3, -0.25) is 4.79 Å². The van der Waals surface area contributed by atoms with Crippen molar-refractivity contribution in [3.8, 4) is 10.7 Å². The van der Waals surface area contributed by atoms with Crippen LogP contribution >= 0.6 is 11.3 Å². The highest BCUT2D eigenvalue weighted by Gasteiger charge is 2.11. The first-order valence-electron chi connectivity index (χ1n) is 8.52. The second-order valence-electron chi connectivity index (χ2n) is 6.48. The van der Waals surface area contributed by atoms with Gasteiger partial charge in [-0.1, -0.05) is 25.1 Å². The summed E-state index contributed by atoms with van der Waals surface area (Å²) in [5.41, 5.74) is 2.58. The van der Waals surface area contributed by atoms with Gasteiger partial charge < -0.3 is 15.2 Å². The third kappa shape index (κ3) is 4.49. The van der Waals surface area contributed by atoms with Crippen molar-refractivity contribution >= 4 is 22.9 Å². The van der Waals surface area contributed by atoms with E-state index in [0.29, 0.717) is 36.3 Å². The van der Waals surface area contributed by atoms with Crippen molar-refractivity contribution in [2.75, 3.05) is 11.9 Å². The lowest BCUT2D eigenvalue weighted by Gasteiger charge is -2.11. The molecule has 1 amide bonds. The molecule has 2 N–H and O–H groups in total. The van der Waals surface area contributed by atoms with E-state index in [4.69, 9.17) is 4.52 Å². The third-order valence-corrected chi connectivity index (χ3v) is 4.66. The van der Waals surface area contributed by atoms with E-state index in [9.17, 15) is 4.79 Å². The quantitative estimate of drug-likeness (QED) is 0.654. The topological polar surface area (TPSA) is 80.0 Å². The second kappa shape index (κ2) is 8.14. The van der Waals surface area contributed by atoms with E-state index in [-0.39, 0.29) is 5.91 Å². The lowest BCUT2D eigenvalue weighted by molar-refractivity contribution is 0.0949. The molecule has 7 heteroatoms. The number of hydrogen-bond acceptors (Lipinski definition) is 6. The standard InChI is InChI=1S/C19H22N4O2S/c1-12(2)10-21-19(24)14-6-7-15(13(3)9-14)20-11-17-22-18(23-25-17)16-5-4-8-26-16/h4-9,12,20H,10-11H2,1-3H3,(H,21,24). The van der Waals surface area contributed by atoms with Crippen molar-refractivity contribution in [1.82, 2.24) is 15.5 Å². The Hall–Kier alpha value is -2.67. The van der Waals surface area contributed by atoms with Crippen LogP contribution in [0.3, 0.4) is 0 Å². The van der Waals surface area contributed by atoms with Crippen molar-refractivity contribution in [3.05, 3.63) is 52.7 Å². The largest absolute Gasteiger partial charge is 0.376 e. The van der Waals surface area contributed by atoms with E-state index in [0.717, 1.165) is 16.1 Å². The molecule has 0 saturated heterocycles. The number of thiophene rings is 1. The molecule has 0 spiro atoms. The molecule has 3 rings (SSSR count). The fourth-order valence-corrected chi connectivity index (χ4v) is 3.05. The summed E-state index contributed by atoms with van der Waals surface area (Å²) in [6, 6.07) is 9.51. The van der Waals surface area contributed by atoms with Crippen molar-refractivity contribution in [2.45, 2.75) is 27.3 Å². The SMILES string of the molecule is Cc1cc(C(=O)NCC(C)C)ccc1NCc1nc(-c2cccs2)no1. The van der Waals surface area contributed by atoms with Crippen molar-refractivity contribution in [1.29, 1.82) is 0 Å². The van der Waals surface area contributed by atoms with Gasteiger partial charge in [-0.2, -0.15) is 4.98 Å². The highest BCUT2D eigenvalue weighted by atomic mass is 32.1. The maximum absolute atomic E-state index is 12.1. The molecule has 3 aromatic rings. The maximum Gasteiger partial charge on any atom is 0.251 e. The van der Waals surface area contributed by atoms with Gasteiger partial charge in [-0.15, -0.1) is 11.3 Å². The number of carbonyl (C=O) groups excluding carboxylic acids is 1. The first-order valence-corrected chi connectivity index (χ1v) is 9.40. The Kier molecular flexibility index (Phi) is 5.68. The van der Waals surface area contributed by atoms with E-state index in [2.05, 4.69) is 34.6 Å². The normalized spacial score (nSPS) is 10.9. The number of carbonyl (C=O) groups is 1. The minimum atomic E-state index is -0.0501. The highest BCUT2D eigenvalue weighted by molar-refractivity contribution is 7.13. The van der Waals surface area contributed by atoms with Crippen LogP contribution in [0.1, 0.15) is 35.7 Å². The van der Waals surface area contributed by atoms with Gasteiger partial charge in [-0.25, -0.2) is 0 Å². The van der Waals surface area contributed by atoms with Gasteiger partial charge in [-0.05, 0) is 48.1 Å². The lowest BCUT2D eigenvalue weighted by Crippen LogP contribution is -2.27. The lowest BCUT2D eigenvalue weighted by atomic mass is 10.1. The van der Waals surface area contributed by atoms with Crippen LogP contribution in [0.4, 0.5) is 5.69 Å². The Morgan fingerprint density at radius 2 is 2.15 bits per heavy atom. The number of nitrogens with one attached hydrogen (secondary N) is 2. The molecule has 1 aromatic carbocycles. The minimum Gasteiger partial charge on any atom is -0.376 e. The van der Waals surface area contributed by atoms with Crippen LogP contribution in [0.25, 0.3) is 10.7 Å². The maximum atomic E-state index is 12.1. The zero-order valence-electron chi connectivity index (χ0n) is 15.1. The van der Waals surface area contributed by atoms with Crippen LogP contribution in [0, 0.1) is 12.8 Å². The molecule has 0 radical (unpaired) electrons. The summed E-state index contributed by atoms with van der Waals surface area (Å²) in [5, 5.41) is 12.2. The first kappa shape index (κ1) is 18.1. The summed E-state index contributed by atoms with van der Waals surface area (Å²) >= 11 is 1.57. The van der Waals surface area contributed by atoms with Gasteiger partial charge in [0, 0.05) is 17.8 Å². The summed E-state index contributed by atoms with van der Waals surface area (Å²) < 4.78 is 5.29. The molecule has 0 bridgehead atoms. The van der Waals surface area contributed by atoms with Gasteiger partial charge in [0.25, 0.3) is 5.91 Å². The summed E-state index contributed by atoms with van der Waals surface area (Å²) in [6.07, 6.45) is 0. The number of anilines is 1. The fourth-order valence-electron chi connectivity index (χ4n) is 2.41. The third-order valence-electron chi connectivity index (χ3n) is 3.80. The predicted molar refractivity (Wildman–Crippen MR) is 103 cm³/mol. The molecule has 0 aliphatic rings. The first-order chi connectivity index (χ1) is 12.5. The monoisotopic (exact) mass is 370 g/mol. The average Bonchev–Trinajstić information content (AvgIpc) is 3.29. The van der Waals surface area contributed by atoms with E-state index in [1.165, 1.54) is 0 Å². The van der Waals surface area contributed by atoms with E-state index in [1.54, 1.807) is 11.3 Å². The van der Waals surface area contributed by atoms with E-state index in [1.807, 2.05) is 42.6 Å². The molecule has 0 unspecified atom stereocenters. The number of nitrogens with zero attached hydrogens (tertiary/aromatic N) is 2. The van der Waals surface area contributed by atoms with Gasteiger partial charge in [0.1, 0.15) is 0 Å². The smallest absolute Gasteiger partial charge is 0.251 e. The van der Waals surface area contributed by atoms with Gasteiger partial charge in [0.05, 0.1) is 11.4 Å². The van der Waals surface area contributed by atoms with Crippen LogP contribution < -0.4 is 10.6 Å². The molecule has 0 saturated carbocycles. The van der Waals surface area contributed by atoms with Crippen molar-refractivity contribution in [2.24, 2.45) is 5.92 Å². The fraction of sp³-hybridized carbons (Fsp3) is 0.316. The summed E-state index contributed by atoms with van der Waals surface area (Å²) in [6.45, 7) is 7.20. The molecular formula is C19H22N4O2S. The average molecular weight is 370 g/mol. The van der Waals surface area contributed by atoms with Crippen LogP contribution in [0.5, 0.6) is 0 Å². The summed E-state index contributed by atoms with van der Waals surface area (Å²) in [5.74, 6) is 1.50. The second-order valence-corrected chi connectivity index (χ2v) is 7.42. The highest BCUT2D eigenvalue weighted by Crippen LogP contribution is 2.22. The molecular weight excluding hydrogens is 348 g/mol. The number of aryl methyl sites for hydroxylation is 1. The Bertz CT molecular complexity index is 872.